The summed E-state index contributed by atoms with van der Waals surface area (Å²) in [5.41, 5.74) is 5.33. The first-order chi connectivity index (χ1) is 16.6. The van der Waals surface area contributed by atoms with Gasteiger partial charge in [0, 0.05) is 31.7 Å². The average molecular weight is 455 g/mol. The zero-order valence-electron chi connectivity index (χ0n) is 19.7. The molecule has 1 saturated heterocycles. The molecule has 2 aromatic carbocycles. The highest BCUT2D eigenvalue weighted by molar-refractivity contribution is 5.87. The number of carbonyl (C=O) groups excluding carboxylic acids is 1. The maximum absolute atomic E-state index is 12.8. The summed E-state index contributed by atoms with van der Waals surface area (Å²) in [5, 5.41) is 8.70. The van der Waals surface area contributed by atoms with Crippen molar-refractivity contribution in [3.8, 4) is 5.69 Å². The first-order valence-electron chi connectivity index (χ1n) is 12.0. The zero-order chi connectivity index (χ0) is 23.5. The molecule has 0 atom stereocenters. The van der Waals surface area contributed by atoms with Crippen molar-refractivity contribution in [2.45, 2.75) is 39.7 Å². The predicted octanol–water partition coefficient (Wildman–Crippen LogP) is 4.22. The Morgan fingerprint density at radius 1 is 1.00 bits per heavy atom. The van der Waals surface area contributed by atoms with Crippen molar-refractivity contribution in [2.75, 3.05) is 18.0 Å². The Morgan fingerprint density at radius 2 is 1.71 bits per heavy atom. The molecule has 34 heavy (non-hydrogen) atoms. The molecule has 0 spiro atoms. The van der Waals surface area contributed by atoms with Gasteiger partial charge < -0.3 is 10.2 Å². The smallest absolute Gasteiger partial charge is 0.223 e. The summed E-state index contributed by atoms with van der Waals surface area (Å²) in [4.78, 5) is 24.0. The van der Waals surface area contributed by atoms with Crippen molar-refractivity contribution < 1.29 is 4.79 Å². The molecular weight excluding hydrogens is 424 g/mol. The van der Waals surface area contributed by atoms with Gasteiger partial charge in [-0.25, -0.2) is 14.6 Å². The van der Waals surface area contributed by atoms with E-state index in [2.05, 4.69) is 87.7 Å². The number of benzene rings is 2. The van der Waals surface area contributed by atoms with Crippen LogP contribution in [-0.2, 0) is 17.8 Å². The van der Waals surface area contributed by atoms with Gasteiger partial charge in [0.2, 0.25) is 5.91 Å². The summed E-state index contributed by atoms with van der Waals surface area (Å²) in [6.07, 6.45) is 6.21. The molecule has 1 amide bonds. The third-order valence-electron chi connectivity index (χ3n) is 6.66. The normalized spacial score (nSPS) is 14.5. The number of nitrogens with zero attached hydrogens (tertiary/aromatic N) is 5. The second kappa shape index (κ2) is 9.63. The van der Waals surface area contributed by atoms with E-state index in [1.54, 1.807) is 6.33 Å². The van der Waals surface area contributed by atoms with Crippen molar-refractivity contribution in [1.29, 1.82) is 0 Å². The van der Waals surface area contributed by atoms with E-state index in [4.69, 9.17) is 0 Å². The minimum atomic E-state index is 0.0266. The summed E-state index contributed by atoms with van der Waals surface area (Å²) in [6, 6.07) is 16.7. The molecule has 1 fully saturated rings. The molecule has 0 unspecified atom stereocenters. The summed E-state index contributed by atoms with van der Waals surface area (Å²) >= 11 is 0. The number of anilines is 1. The van der Waals surface area contributed by atoms with Crippen LogP contribution in [0.1, 0.15) is 36.5 Å². The second-order valence-electron chi connectivity index (χ2n) is 8.99. The highest BCUT2D eigenvalue weighted by atomic mass is 16.1. The molecule has 174 valence electrons. The third kappa shape index (κ3) is 4.64. The monoisotopic (exact) mass is 454 g/mol. The number of hydrogen-bond donors (Lipinski definition) is 1. The zero-order valence-corrected chi connectivity index (χ0v) is 19.7. The van der Waals surface area contributed by atoms with Gasteiger partial charge in [0.05, 0.1) is 11.1 Å². The van der Waals surface area contributed by atoms with Gasteiger partial charge in [0.1, 0.15) is 12.1 Å². The standard InChI is InChI=1S/C27H30N6O/c1-3-20-6-8-21(9-7-20)16-28-27(34)22-12-14-32(15-13-22)26-24-17-33(31-25(24)29-18-30-26)23-10-4-19(2)5-11-23/h4-11,17-18,22H,3,12-16H2,1-2H3,(H,28,34). The van der Waals surface area contributed by atoms with Crippen molar-refractivity contribution in [1.82, 2.24) is 25.1 Å². The van der Waals surface area contributed by atoms with E-state index in [-0.39, 0.29) is 11.8 Å². The first-order valence-corrected chi connectivity index (χ1v) is 12.0. The van der Waals surface area contributed by atoms with Crippen LogP contribution in [0.3, 0.4) is 0 Å². The quantitative estimate of drug-likeness (QED) is 0.472. The van der Waals surface area contributed by atoms with Gasteiger partial charge in [-0.05, 0) is 49.4 Å². The minimum Gasteiger partial charge on any atom is -0.356 e. The predicted molar refractivity (Wildman–Crippen MR) is 134 cm³/mol. The van der Waals surface area contributed by atoms with Crippen LogP contribution in [0, 0.1) is 12.8 Å². The summed E-state index contributed by atoms with van der Waals surface area (Å²) < 4.78 is 1.86. The fraction of sp³-hybridized carbons (Fsp3) is 0.333. The van der Waals surface area contributed by atoms with Gasteiger partial charge in [0.15, 0.2) is 5.65 Å². The summed E-state index contributed by atoms with van der Waals surface area (Å²) in [5.74, 6) is 1.05. The lowest BCUT2D eigenvalue weighted by atomic mass is 9.95. The molecule has 7 nitrogen and oxygen atoms in total. The van der Waals surface area contributed by atoms with Gasteiger partial charge in [-0.2, -0.15) is 0 Å². The largest absolute Gasteiger partial charge is 0.356 e. The summed E-state index contributed by atoms with van der Waals surface area (Å²) in [7, 11) is 0. The SMILES string of the molecule is CCc1ccc(CNC(=O)C2CCN(c3ncnc4nn(-c5ccc(C)cc5)cc34)CC2)cc1. The Hall–Kier alpha value is -3.74. The second-order valence-corrected chi connectivity index (χ2v) is 8.99. The number of amides is 1. The van der Waals surface area contributed by atoms with E-state index < -0.39 is 0 Å². The Bertz CT molecular complexity index is 1270. The molecule has 0 bridgehead atoms. The van der Waals surface area contributed by atoms with Crippen LogP contribution in [0.15, 0.2) is 61.1 Å². The molecule has 7 heteroatoms. The molecule has 1 aliphatic heterocycles. The van der Waals surface area contributed by atoms with Crippen molar-refractivity contribution in [2.24, 2.45) is 5.92 Å². The number of hydrogen-bond acceptors (Lipinski definition) is 5. The molecule has 3 heterocycles. The van der Waals surface area contributed by atoms with Crippen LogP contribution < -0.4 is 10.2 Å². The topological polar surface area (TPSA) is 75.9 Å². The van der Waals surface area contributed by atoms with Gasteiger partial charge in [-0.15, -0.1) is 5.10 Å². The molecule has 0 saturated carbocycles. The summed E-state index contributed by atoms with van der Waals surface area (Å²) in [6.45, 7) is 6.36. The van der Waals surface area contributed by atoms with Crippen LogP contribution >= 0.6 is 0 Å². The molecule has 2 aromatic heterocycles. The van der Waals surface area contributed by atoms with E-state index >= 15 is 0 Å². The first kappa shape index (κ1) is 22.1. The van der Waals surface area contributed by atoms with Gasteiger partial charge >= 0.3 is 0 Å². The number of carbonyl (C=O) groups is 1. The van der Waals surface area contributed by atoms with Gasteiger partial charge in [-0.1, -0.05) is 48.9 Å². The average Bonchev–Trinajstić information content (AvgIpc) is 3.32. The fourth-order valence-electron chi connectivity index (χ4n) is 4.49. The van der Waals surface area contributed by atoms with Crippen LogP contribution in [0.4, 0.5) is 5.82 Å². The molecule has 0 aliphatic carbocycles. The molecule has 1 N–H and O–H groups in total. The number of nitrogens with one attached hydrogen (secondary N) is 1. The maximum atomic E-state index is 12.8. The molecule has 0 radical (unpaired) electrons. The van der Waals surface area contributed by atoms with Gasteiger partial charge in [-0.3, -0.25) is 4.79 Å². The lowest BCUT2D eigenvalue weighted by Gasteiger charge is -2.32. The van der Waals surface area contributed by atoms with Crippen molar-refractivity contribution >= 4 is 22.8 Å². The lowest BCUT2D eigenvalue weighted by molar-refractivity contribution is -0.125. The Labute approximate surface area is 199 Å². The van der Waals surface area contributed by atoms with E-state index in [9.17, 15) is 4.79 Å². The molecule has 4 aromatic rings. The van der Waals surface area contributed by atoms with Crippen molar-refractivity contribution in [3.63, 3.8) is 0 Å². The van der Waals surface area contributed by atoms with Crippen molar-refractivity contribution in [3.05, 3.63) is 77.7 Å². The Kier molecular flexibility index (Phi) is 6.25. The van der Waals surface area contributed by atoms with E-state index in [1.165, 1.54) is 11.1 Å². The highest BCUT2D eigenvalue weighted by Crippen LogP contribution is 2.28. The molecule has 1 aliphatic rings. The molecule has 5 rings (SSSR count). The van der Waals surface area contributed by atoms with E-state index in [0.29, 0.717) is 12.2 Å². The van der Waals surface area contributed by atoms with Crippen LogP contribution in [0.25, 0.3) is 16.7 Å². The van der Waals surface area contributed by atoms with E-state index in [0.717, 1.165) is 54.8 Å². The fourth-order valence-corrected chi connectivity index (χ4v) is 4.49. The van der Waals surface area contributed by atoms with Crippen LogP contribution in [0.2, 0.25) is 0 Å². The van der Waals surface area contributed by atoms with Crippen LogP contribution in [0.5, 0.6) is 0 Å². The number of aryl methyl sites for hydroxylation is 2. The molecular formula is C27H30N6O. The number of piperidine rings is 1. The number of aromatic nitrogens is 4. The maximum Gasteiger partial charge on any atom is 0.223 e. The number of fused-ring (bicyclic) bond motifs is 1. The minimum absolute atomic E-state index is 0.0266. The Balaban J connectivity index is 1.23. The van der Waals surface area contributed by atoms with E-state index in [1.807, 2.05) is 10.9 Å². The lowest BCUT2D eigenvalue weighted by Crippen LogP contribution is -2.40. The Morgan fingerprint density at radius 3 is 2.41 bits per heavy atom. The third-order valence-corrected chi connectivity index (χ3v) is 6.66. The van der Waals surface area contributed by atoms with Crippen LogP contribution in [-0.4, -0.2) is 38.7 Å². The number of rotatable bonds is 6. The van der Waals surface area contributed by atoms with Gasteiger partial charge in [0.25, 0.3) is 0 Å². The highest BCUT2D eigenvalue weighted by Gasteiger charge is 2.27.